The number of benzene rings is 1. The molecule has 0 bridgehead atoms. The average Bonchev–Trinajstić information content (AvgIpc) is 2.71. The fourth-order valence-electron chi connectivity index (χ4n) is 3.34. The minimum absolute atomic E-state index is 0.482. The Balaban J connectivity index is 1.37. The molecule has 2 N–H and O–H groups in total. The number of pyridine rings is 1. The highest BCUT2D eigenvalue weighted by Gasteiger charge is 2.20. The van der Waals surface area contributed by atoms with E-state index in [9.17, 15) is 0 Å². The second kappa shape index (κ2) is 10.4. The third-order valence-electron chi connectivity index (χ3n) is 4.90. The van der Waals surface area contributed by atoms with Crippen LogP contribution in [0, 0.1) is 0 Å². The van der Waals surface area contributed by atoms with Gasteiger partial charge in [-0.25, -0.2) is 0 Å². The van der Waals surface area contributed by atoms with Crippen LogP contribution in [0.4, 0.5) is 0 Å². The van der Waals surface area contributed by atoms with E-state index in [2.05, 4.69) is 71.8 Å². The number of halogens is 1. The first-order valence-electron chi connectivity index (χ1n) is 9.56. The fraction of sp³-hybridized carbons (Fsp3) is 0.429. The zero-order valence-corrected chi connectivity index (χ0v) is 17.5. The summed E-state index contributed by atoms with van der Waals surface area (Å²) in [6.07, 6.45) is 6.94. The summed E-state index contributed by atoms with van der Waals surface area (Å²) < 4.78 is 1.14. The highest BCUT2D eigenvalue weighted by atomic mass is 79.9. The average molecular weight is 430 g/mol. The Hall–Kier alpha value is -1.92. The number of likely N-dealkylation sites (tertiary alicyclic amines) is 1. The van der Waals surface area contributed by atoms with E-state index in [0.29, 0.717) is 6.04 Å². The maximum absolute atomic E-state index is 4.37. The van der Waals surface area contributed by atoms with Crippen LogP contribution in [-0.4, -0.2) is 48.6 Å². The number of rotatable bonds is 6. The molecule has 0 spiro atoms. The number of aliphatic imine (C=N–C) groups is 1. The van der Waals surface area contributed by atoms with E-state index in [0.717, 1.165) is 55.9 Å². The molecule has 3 rings (SSSR count). The summed E-state index contributed by atoms with van der Waals surface area (Å²) >= 11 is 3.50. The van der Waals surface area contributed by atoms with E-state index in [1.165, 1.54) is 11.1 Å². The zero-order valence-electron chi connectivity index (χ0n) is 15.9. The summed E-state index contributed by atoms with van der Waals surface area (Å²) in [5.41, 5.74) is 2.61. The number of guanidine groups is 1. The van der Waals surface area contributed by atoms with Crippen molar-refractivity contribution in [2.45, 2.75) is 31.8 Å². The Morgan fingerprint density at radius 2 is 1.96 bits per heavy atom. The van der Waals surface area contributed by atoms with Crippen LogP contribution in [0.25, 0.3) is 0 Å². The van der Waals surface area contributed by atoms with Gasteiger partial charge in [-0.3, -0.25) is 14.9 Å². The Morgan fingerprint density at radius 1 is 1.19 bits per heavy atom. The third-order valence-corrected chi connectivity index (χ3v) is 5.43. The van der Waals surface area contributed by atoms with E-state index in [1.807, 2.05) is 19.3 Å². The molecular formula is C21H28BrN5. The largest absolute Gasteiger partial charge is 0.356 e. The summed E-state index contributed by atoms with van der Waals surface area (Å²) in [5, 5.41) is 6.99. The second-order valence-corrected chi connectivity index (χ2v) is 7.85. The highest BCUT2D eigenvalue weighted by molar-refractivity contribution is 9.10. The number of piperidine rings is 1. The minimum Gasteiger partial charge on any atom is -0.356 e. The van der Waals surface area contributed by atoms with Gasteiger partial charge in [-0.05, 0) is 48.6 Å². The van der Waals surface area contributed by atoms with Gasteiger partial charge >= 0.3 is 0 Å². The number of aromatic nitrogens is 1. The summed E-state index contributed by atoms with van der Waals surface area (Å²) in [7, 11) is 1.84. The molecule has 0 unspecified atom stereocenters. The van der Waals surface area contributed by atoms with Crippen molar-refractivity contribution in [2.75, 3.05) is 26.7 Å². The molecule has 1 aliphatic heterocycles. The molecule has 2 heterocycles. The Morgan fingerprint density at radius 3 is 2.63 bits per heavy atom. The van der Waals surface area contributed by atoms with Gasteiger partial charge in [0.1, 0.15) is 0 Å². The van der Waals surface area contributed by atoms with Crippen molar-refractivity contribution in [3.63, 3.8) is 0 Å². The molecule has 27 heavy (non-hydrogen) atoms. The van der Waals surface area contributed by atoms with Gasteiger partial charge in [-0.15, -0.1) is 0 Å². The summed E-state index contributed by atoms with van der Waals surface area (Å²) in [4.78, 5) is 11.1. The first kappa shape index (κ1) is 19.8. The van der Waals surface area contributed by atoms with Gasteiger partial charge in [0.15, 0.2) is 5.96 Å². The third kappa shape index (κ3) is 6.63. The van der Waals surface area contributed by atoms with Crippen LogP contribution in [0.15, 0.2) is 58.3 Å². The van der Waals surface area contributed by atoms with Crippen molar-refractivity contribution in [2.24, 2.45) is 4.99 Å². The molecule has 0 aliphatic carbocycles. The lowest BCUT2D eigenvalue weighted by atomic mass is 10.0. The van der Waals surface area contributed by atoms with Gasteiger partial charge in [0, 0.05) is 56.1 Å². The van der Waals surface area contributed by atoms with Crippen LogP contribution in [-0.2, 0) is 13.0 Å². The van der Waals surface area contributed by atoms with Crippen LogP contribution in [0.3, 0.4) is 0 Å². The molecule has 2 aromatic rings. The molecule has 0 saturated carbocycles. The molecule has 1 aliphatic rings. The summed E-state index contributed by atoms with van der Waals surface area (Å²) in [5.74, 6) is 0.894. The van der Waals surface area contributed by atoms with E-state index in [1.54, 1.807) is 6.20 Å². The molecule has 0 atom stereocenters. The van der Waals surface area contributed by atoms with Crippen molar-refractivity contribution in [3.05, 3.63) is 64.4 Å². The molecule has 5 nitrogen and oxygen atoms in total. The van der Waals surface area contributed by atoms with Gasteiger partial charge in [-0.1, -0.05) is 34.1 Å². The topological polar surface area (TPSA) is 52.6 Å². The Bertz CT molecular complexity index is 709. The maximum Gasteiger partial charge on any atom is 0.191 e. The molecule has 1 fully saturated rings. The van der Waals surface area contributed by atoms with Crippen molar-refractivity contribution in [1.29, 1.82) is 0 Å². The maximum atomic E-state index is 4.37. The van der Waals surface area contributed by atoms with Crippen molar-refractivity contribution in [3.8, 4) is 0 Å². The predicted molar refractivity (Wildman–Crippen MR) is 115 cm³/mol. The van der Waals surface area contributed by atoms with E-state index in [4.69, 9.17) is 0 Å². The first-order valence-corrected chi connectivity index (χ1v) is 10.3. The quantitative estimate of drug-likeness (QED) is 0.546. The lowest BCUT2D eigenvalue weighted by molar-refractivity contribution is 0.198. The number of hydrogen-bond acceptors (Lipinski definition) is 3. The molecular weight excluding hydrogens is 402 g/mol. The van der Waals surface area contributed by atoms with Crippen LogP contribution >= 0.6 is 15.9 Å². The van der Waals surface area contributed by atoms with Gasteiger partial charge in [0.05, 0.1) is 0 Å². The number of nitrogens with zero attached hydrogens (tertiary/aromatic N) is 3. The minimum atomic E-state index is 0.482. The first-order chi connectivity index (χ1) is 13.2. The van der Waals surface area contributed by atoms with E-state index >= 15 is 0 Å². The number of nitrogens with one attached hydrogen (secondary N) is 2. The summed E-state index contributed by atoms with van der Waals surface area (Å²) in [6, 6.07) is 13.2. The van der Waals surface area contributed by atoms with Crippen LogP contribution < -0.4 is 10.6 Å². The molecule has 1 saturated heterocycles. The van der Waals surface area contributed by atoms with Gasteiger partial charge in [0.2, 0.25) is 0 Å². The van der Waals surface area contributed by atoms with Gasteiger partial charge in [-0.2, -0.15) is 0 Å². The standard InChI is InChI=1S/C21H28BrN5/c1-23-21(25-12-8-17-3-2-11-24-15-17)26-20-9-13-27(14-10-20)16-18-4-6-19(22)7-5-18/h2-7,11,15,20H,8-10,12-14,16H2,1H3,(H2,23,25,26). The van der Waals surface area contributed by atoms with Crippen molar-refractivity contribution in [1.82, 2.24) is 20.5 Å². The number of hydrogen-bond donors (Lipinski definition) is 2. The predicted octanol–water partition coefficient (Wildman–Crippen LogP) is 3.22. The summed E-state index contributed by atoms with van der Waals surface area (Å²) in [6.45, 7) is 4.10. The molecule has 1 aromatic carbocycles. The monoisotopic (exact) mass is 429 g/mol. The molecule has 1 aromatic heterocycles. The van der Waals surface area contributed by atoms with E-state index in [-0.39, 0.29) is 0 Å². The molecule has 0 radical (unpaired) electrons. The highest BCUT2D eigenvalue weighted by Crippen LogP contribution is 2.16. The van der Waals surface area contributed by atoms with Crippen LogP contribution in [0.1, 0.15) is 24.0 Å². The smallest absolute Gasteiger partial charge is 0.191 e. The molecule has 144 valence electrons. The van der Waals surface area contributed by atoms with Crippen LogP contribution in [0.5, 0.6) is 0 Å². The van der Waals surface area contributed by atoms with E-state index < -0.39 is 0 Å². The zero-order chi connectivity index (χ0) is 18.9. The normalized spacial score (nSPS) is 16.3. The molecule has 0 amide bonds. The SMILES string of the molecule is CN=C(NCCc1cccnc1)NC1CCN(Cc2ccc(Br)cc2)CC1. The van der Waals surface area contributed by atoms with Crippen molar-refractivity contribution >= 4 is 21.9 Å². The van der Waals surface area contributed by atoms with Gasteiger partial charge in [0.25, 0.3) is 0 Å². The van der Waals surface area contributed by atoms with Crippen molar-refractivity contribution < 1.29 is 0 Å². The van der Waals surface area contributed by atoms with Crippen LogP contribution in [0.2, 0.25) is 0 Å². The Kier molecular flexibility index (Phi) is 7.66. The Labute approximate surface area is 170 Å². The fourth-order valence-corrected chi connectivity index (χ4v) is 3.61. The second-order valence-electron chi connectivity index (χ2n) is 6.93. The van der Waals surface area contributed by atoms with Gasteiger partial charge < -0.3 is 10.6 Å². The molecule has 6 heteroatoms. The lowest BCUT2D eigenvalue weighted by Crippen LogP contribution is -2.48. The lowest BCUT2D eigenvalue weighted by Gasteiger charge is -2.33.